The minimum absolute atomic E-state index is 0.0334. The fourth-order valence-corrected chi connectivity index (χ4v) is 8.83. The number of fused-ring (bicyclic) bond motifs is 2. The number of rotatable bonds is 6. The van der Waals surface area contributed by atoms with Crippen molar-refractivity contribution in [2.45, 2.75) is 97.2 Å². The molecule has 0 spiro atoms. The molecule has 0 aromatic carbocycles. The van der Waals surface area contributed by atoms with Crippen molar-refractivity contribution >= 4 is 11.9 Å². The van der Waals surface area contributed by atoms with Crippen LogP contribution >= 0.6 is 0 Å². The zero-order chi connectivity index (χ0) is 21.2. The Morgan fingerprint density at radius 3 is 2.10 bits per heavy atom. The van der Waals surface area contributed by atoms with Crippen LogP contribution in [0.5, 0.6) is 0 Å². The first-order valence-electron chi connectivity index (χ1n) is 12.7. The lowest BCUT2D eigenvalue weighted by atomic mass is 9.49. The molecular weight excluding hydrogens is 376 g/mol. The Kier molecular flexibility index (Phi) is 5.22. The highest BCUT2D eigenvalue weighted by Gasteiger charge is 2.58. The number of ether oxygens (including phenoxy) is 2. The molecular formula is C26H40O4. The summed E-state index contributed by atoms with van der Waals surface area (Å²) in [5.74, 6) is 5.04. The maximum Gasteiger partial charge on any atom is 0.310 e. The second-order valence-corrected chi connectivity index (χ2v) is 11.8. The van der Waals surface area contributed by atoms with Crippen LogP contribution in [0.25, 0.3) is 0 Å². The van der Waals surface area contributed by atoms with E-state index in [9.17, 15) is 9.59 Å². The third kappa shape index (κ3) is 3.23. The molecule has 4 nitrogen and oxygen atoms in total. The predicted molar refractivity (Wildman–Crippen MR) is 114 cm³/mol. The molecule has 0 saturated heterocycles. The Labute approximate surface area is 181 Å². The van der Waals surface area contributed by atoms with Crippen LogP contribution in [0, 0.1) is 53.3 Å². The van der Waals surface area contributed by atoms with Gasteiger partial charge in [0.25, 0.3) is 0 Å². The summed E-state index contributed by atoms with van der Waals surface area (Å²) in [6.45, 7) is 8.65. The van der Waals surface area contributed by atoms with Crippen LogP contribution in [-0.2, 0) is 19.1 Å². The smallest absolute Gasteiger partial charge is 0.310 e. The van der Waals surface area contributed by atoms with Crippen LogP contribution in [0.15, 0.2) is 0 Å². The summed E-state index contributed by atoms with van der Waals surface area (Å²) in [7, 11) is 0. The van der Waals surface area contributed by atoms with Gasteiger partial charge in [0.15, 0.2) is 0 Å². The molecule has 0 N–H and O–H groups in total. The maximum absolute atomic E-state index is 12.9. The predicted octanol–water partition coefficient (Wildman–Crippen LogP) is 5.38. The quantitative estimate of drug-likeness (QED) is 0.545. The van der Waals surface area contributed by atoms with E-state index in [4.69, 9.17) is 9.47 Å². The average molecular weight is 417 g/mol. The van der Waals surface area contributed by atoms with Gasteiger partial charge in [-0.15, -0.1) is 0 Å². The lowest BCUT2D eigenvalue weighted by Gasteiger charge is -2.60. The number of hydrogen-bond acceptors (Lipinski definition) is 4. The van der Waals surface area contributed by atoms with Crippen molar-refractivity contribution in [2.75, 3.05) is 0 Å². The van der Waals surface area contributed by atoms with E-state index >= 15 is 0 Å². The van der Waals surface area contributed by atoms with E-state index in [2.05, 4.69) is 20.8 Å². The van der Waals surface area contributed by atoms with Gasteiger partial charge in [-0.2, -0.15) is 0 Å². The van der Waals surface area contributed by atoms with Crippen molar-refractivity contribution < 1.29 is 19.1 Å². The topological polar surface area (TPSA) is 52.6 Å². The fraction of sp³-hybridized carbons (Fsp3) is 0.923. The molecule has 4 heteroatoms. The van der Waals surface area contributed by atoms with E-state index in [0.29, 0.717) is 29.6 Å². The van der Waals surface area contributed by atoms with Crippen LogP contribution in [0.3, 0.4) is 0 Å². The summed E-state index contributed by atoms with van der Waals surface area (Å²) in [5, 5.41) is 0. The number of carbonyl (C=O) groups is 2. The second kappa shape index (κ2) is 7.52. The van der Waals surface area contributed by atoms with Gasteiger partial charge in [0, 0.05) is 0 Å². The van der Waals surface area contributed by atoms with Crippen molar-refractivity contribution in [3.63, 3.8) is 0 Å². The highest BCUT2D eigenvalue weighted by atomic mass is 16.6. The zero-order valence-corrected chi connectivity index (χ0v) is 19.3. The average Bonchev–Trinajstić information content (AvgIpc) is 3.24. The minimum atomic E-state index is -0.400. The Balaban J connectivity index is 1.16. The molecule has 6 saturated carbocycles. The summed E-state index contributed by atoms with van der Waals surface area (Å²) in [5.41, 5.74) is -0.260. The summed E-state index contributed by atoms with van der Waals surface area (Å²) in [4.78, 5) is 25.7. The van der Waals surface area contributed by atoms with E-state index in [1.807, 2.05) is 6.92 Å². The van der Waals surface area contributed by atoms with Crippen molar-refractivity contribution in [3.8, 4) is 0 Å². The number of hydrogen-bond donors (Lipinski definition) is 0. The number of carbonyl (C=O) groups excluding carboxylic acids is 2. The molecule has 0 aromatic heterocycles. The molecule has 30 heavy (non-hydrogen) atoms. The largest absolute Gasteiger partial charge is 0.462 e. The molecule has 0 aromatic rings. The van der Waals surface area contributed by atoms with Gasteiger partial charge in [-0.1, -0.05) is 20.8 Å². The van der Waals surface area contributed by atoms with Crippen molar-refractivity contribution in [3.05, 3.63) is 0 Å². The van der Waals surface area contributed by atoms with Gasteiger partial charge in [0.2, 0.25) is 0 Å². The van der Waals surface area contributed by atoms with Crippen LogP contribution in [0.2, 0.25) is 0 Å². The monoisotopic (exact) mass is 416 g/mol. The van der Waals surface area contributed by atoms with Gasteiger partial charge in [-0.25, -0.2) is 0 Å². The highest BCUT2D eigenvalue weighted by Crippen LogP contribution is 2.60. The summed E-state index contributed by atoms with van der Waals surface area (Å²) < 4.78 is 12.1. The van der Waals surface area contributed by atoms with Gasteiger partial charge < -0.3 is 9.47 Å². The third-order valence-electron chi connectivity index (χ3n) is 10.3. The highest BCUT2D eigenvalue weighted by molar-refractivity contribution is 5.75. The molecule has 0 heterocycles. The van der Waals surface area contributed by atoms with Crippen LogP contribution < -0.4 is 0 Å². The van der Waals surface area contributed by atoms with E-state index in [1.165, 1.54) is 38.5 Å². The summed E-state index contributed by atoms with van der Waals surface area (Å²) >= 11 is 0. The molecule has 6 atom stereocenters. The fourth-order valence-electron chi connectivity index (χ4n) is 8.83. The molecule has 0 aliphatic heterocycles. The van der Waals surface area contributed by atoms with Gasteiger partial charge in [0.05, 0.1) is 12.3 Å². The van der Waals surface area contributed by atoms with E-state index in [1.54, 1.807) is 0 Å². The standard InChI is InChI=1S/C26H40O4/c1-5-26(20-8-17-7-18(10-20)11-21(26)9-17)30-24(27)6-14(2)29-25(28)23-13-19-12-22(23)16(4)15(19)3/h14-23H,5-13H2,1-4H3. The molecule has 168 valence electrons. The molecule has 6 fully saturated rings. The van der Waals surface area contributed by atoms with Crippen LogP contribution in [-0.4, -0.2) is 23.6 Å². The Bertz CT molecular complexity index is 669. The Hall–Kier alpha value is -1.06. The SMILES string of the molecule is CCC1(OC(=O)CC(C)OC(=O)C2CC3CC2C(C)C3C)C2CC3CC(C2)CC1C3. The second-order valence-electron chi connectivity index (χ2n) is 11.8. The normalized spacial score (nSPS) is 49.3. The van der Waals surface area contributed by atoms with Gasteiger partial charge in [-0.05, 0) is 106 Å². The molecule has 6 bridgehead atoms. The van der Waals surface area contributed by atoms with Crippen LogP contribution in [0.4, 0.5) is 0 Å². The van der Waals surface area contributed by atoms with Crippen molar-refractivity contribution in [1.29, 1.82) is 0 Å². The van der Waals surface area contributed by atoms with E-state index in [-0.39, 0.29) is 29.9 Å². The maximum atomic E-state index is 12.9. The van der Waals surface area contributed by atoms with Gasteiger partial charge >= 0.3 is 11.9 Å². The minimum Gasteiger partial charge on any atom is -0.462 e. The lowest BCUT2D eigenvalue weighted by molar-refractivity contribution is -0.212. The van der Waals surface area contributed by atoms with Crippen LogP contribution in [0.1, 0.15) is 85.5 Å². The number of esters is 2. The van der Waals surface area contributed by atoms with Crippen molar-refractivity contribution in [1.82, 2.24) is 0 Å². The molecule has 6 aliphatic carbocycles. The van der Waals surface area contributed by atoms with Gasteiger partial charge in [0.1, 0.15) is 11.7 Å². The zero-order valence-electron chi connectivity index (χ0n) is 19.3. The molecule has 0 radical (unpaired) electrons. The summed E-state index contributed by atoms with van der Waals surface area (Å²) in [6.07, 6.45) is 9.18. The Morgan fingerprint density at radius 2 is 1.57 bits per heavy atom. The van der Waals surface area contributed by atoms with Crippen molar-refractivity contribution in [2.24, 2.45) is 53.3 Å². The molecule has 6 aliphatic rings. The third-order valence-corrected chi connectivity index (χ3v) is 10.3. The first kappa shape index (κ1) is 20.8. The first-order valence-corrected chi connectivity index (χ1v) is 12.7. The van der Waals surface area contributed by atoms with E-state index < -0.39 is 6.10 Å². The molecule has 0 amide bonds. The molecule has 6 rings (SSSR count). The van der Waals surface area contributed by atoms with E-state index in [0.717, 1.165) is 30.6 Å². The van der Waals surface area contributed by atoms with Gasteiger partial charge in [-0.3, -0.25) is 9.59 Å². The summed E-state index contributed by atoms with van der Waals surface area (Å²) in [6, 6.07) is 0. The lowest BCUT2D eigenvalue weighted by Crippen LogP contribution is -2.59. The first-order chi connectivity index (χ1) is 14.3. The molecule has 6 unspecified atom stereocenters. The Morgan fingerprint density at radius 1 is 0.933 bits per heavy atom.